The van der Waals surface area contributed by atoms with Crippen molar-refractivity contribution in [2.45, 2.75) is 48.2 Å². The van der Waals surface area contributed by atoms with E-state index in [0.717, 1.165) is 67.8 Å². The van der Waals surface area contributed by atoms with Crippen LogP contribution in [0.15, 0.2) is 28.0 Å². The van der Waals surface area contributed by atoms with Gasteiger partial charge in [0.25, 0.3) is 5.91 Å². The molecule has 1 saturated carbocycles. The molecule has 2 fully saturated rings. The van der Waals surface area contributed by atoms with E-state index in [1.807, 2.05) is 30.8 Å². The first-order chi connectivity index (χ1) is 13.7. The van der Waals surface area contributed by atoms with Gasteiger partial charge in [-0.25, -0.2) is 9.97 Å². The van der Waals surface area contributed by atoms with Gasteiger partial charge in [0, 0.05) is 41.7 Å². The molecule has 1 saturated heterocycles. The maximum Gasteiger partial charge on any atom is 0.253 e. The van der Waals surface area contributed by atoms with Gasteiger partial charge < -0.3 is 15.0 Å². The van der Waals surface area contributed by atoms with Crippen molar-refractivity contribution in [3.63, 3.8) is 0 Å². The number of hydrogen-bond donors (Lipinski definition) is 1. The zero-order valence-corrected chi connectivity index (χ0v) is 17.7. The van der Waals surface area contributed by atoms with Crippen LogP contribution in [-0.4, -0.2) is 53.5 Å². The van der Waals surface area contributed by atoms with Crippen LogP contribution in [0.1, 0.15) is 41.7 Å². The van der Waals surface area contributed by atoms with Crippen LogP contribution < -0.4 is 10.2 Å². The number of hydrogen-bond acceptors (Lipinski definition) is 7. The van der Waals surface area contributed by atoms with E-state index < -0.39 is 0 Å². The molecule has 1 N–H and O–H groups in total. The van der Waals surface area contributed by atoms with Gasteiger partial charge in [-0.2, -0.15) is 0 Å². The molecule has 3 heterocycles. The zero-order chi connectivity index (χ0) is 19.3. The summed E-state index contributed by atoms with van der Waals surface area (Å²) in [4.78, 5) is 23.8. The standard InChI is InChI=1S/C20H26N4O2S2/c1-14-13-27-20(22-14)28-17-5-3-16(4-6-17)23-19(25)15-2-7-18(21-12-15)24-8-10-26-11-9-24/h2,7,12-13,16-17H,3-6,8-11H2,1H3,(H,23,25). The fraction of sp³-hybridized carbons (Fsp3) is 0.550. The van der Waals surface area contributed by atoms with Crippen molar-refractivity contribution < 1.29 is 9.53 Å². The van der Waals surface area contributed by atoms with Crippen LogP contribution in [0.2, 0.25) is 0 Å². The molecular weight excluding hydrogens is 392 g/mol. The van der Waals surface area contributed by atoms with E-state index in [9.17, 15) is 4.79 Å². The Kier molecular flexibility index (Phi) is 6.49. The number of ether oxygens (including phenoxy) is 1. The normalized spacial score (nSPS) is 22.8. The van der Waals surface area contributed by atoms with Gasteiger partial charge in [-0.3, -0.25) is 4.79 Å². The van der Waals surface area contributed by atoms with Crippen molar-refractivity contribution >= 4 is 34.8 Å². The molecule has 8 heteroatoms. The number of aromatic nitrogens is 2. The second-order valence-corrected chi connectivity index (χ2v) is 9.73. The zero-order valence-electron chi connectivity index (χ0n) is 16.1. The minimum Gasteiger partial charge on any atom is -0.378 e. The van der Waals surface area contributed by atoms with Crippen molar-refractivity contribution in [3.05, 3.63) is 35.0 Å². The van der Waals surface area contributed by atoms with Crippen molar-refractivity contribution in [2.75, 3.05) is 31.2 Å². The van der Waals surface area contributed by atoms with Crippen molar-refractivity contribution in [1.82, 2.24) is 15.3 Å². The molecule has 0 unspecified atom stereocenters. The van der Waals surface area contributed by atoms with E-state index in [4.69, 9.17) is 4.74 Å². The summed E-state index contributed by atoms with van der Waals surface area (Å²) in [5.74, 6) is 0.891. The summed E-state index contributed by atoms with van der Waals surface area (Å²) in [6.07, 6.45) is 5.96. The summed E-state index contributed by atoms with van der Waals surface area (Å²) in [6.45, 7) is 5.19. The lowest BCUT2D eigenvalue weighted by Crippen LogP contribution is -2.38. The van der Waals surface area contributed by atoms with Crippen LogP contribution >= 0.6 is 23.1 Å². The predicted octanol–water partition coefficient (Wildman–Crippen LogP) is 3.52. The molecule has 2 aromatic heterocycles. The second-order valence-electron chi connectivity index (χ2n) is 7.32. The number of morpholine rings is 1. The van der Waals surface area contributed by atoms with E-state index in [2.05, 4.69) is 25.6 Å². The van der Waals surface area contributed by atoms with Crippen LogP contribution in [0, 0.1) is 6.92 Å². The third-order valence-electron chi connectivity index (χ3n) is 5.22. The average Bonchev–Trinajstić information content (AvgIpc) is 3.15. The number of thiazole rings is 1. The first-order valence-electron chi connectivity index (χ1n) is 9.86. The topological polar surface area (TPSA) is 67.4 Å². The van der Waals surface area contributed by atoms with Gasteiger partial charge in [0.1, 0.15) is 10.2 Å². The molecule has 150 valence electrons. The van der Waals surface area contributed by atoms with E-state index in [0.29, 0.717) is 10.8 Å². The van der Waals surface area contributed by atoms with Crippen LogP contribution in [0.4, 0.5) is 5.82 Å². The number of nitrogens with zero attached hydrogens (tertiary/aromatic N) is 3. The monoisotopic (exact) mass is 418 g/mol. The van der Waals surface area contributed by atoms with Gasteiger partial charge in [0.05, 0.1) is 18.8 Å². The number of carbonyl (C=O) groups excluding carboxylic acids is 1. The molecule has 2 aromatic rings. The maximum absolute atomic E-state index is 12.6. The van der Waals surface area contributed by atoms with Gasteiger partial charge in [-0.05, 0) is 44.7 Å². The molecule has 6 nitrogen and oxygen atoms in total. The van der Waals surface area contributed by atoms with Crippen molar-refractivity contribution in [2.24, 2.45) is 0 Å². The van der Waals surface area contributed by atoms with Gasteiger partial charge >= 0.3 is 0 Å². The number of rotatable bonds is 5. The van der Waals surface area contributed by atoms with E-state index >= 15 is 0 Å². The Bertz CT molecular complexity index is 782. The van der Waals surface area contributed by atoms with Gasteiger partial charge in [-0.1, -0.05) is 11.8 Å². The number of aryl methyl sites for hydroxylation is 1. The quantitative estimate of drug-likeness (QED) is 0.801. The molecule has 0 spiro atoms. The third kappa shape index (κ3) is 5.04. The number of nitrogens with one attached hydrogen (secondary N) is 1. The van der Waals surface area contributed by atoms with E-state index in [-0.39, 0.29) is 11.9 Å². The van der Waals surface area contributed by atoms with E-state index in [1.165, 1.54) is 0 Å². The van der Waals surface area contributed by atoms with E-state index in [1.54, 1.807) is 17.5 Å². The summed E-state index contributed by atoms with van der Waals surface area (Å²) in [5.41, 5.74) is 1.73. The molecular formula is C20H26N4O2S2. The number of anilines is 1. The Morgan fingerprint density at radius 3 is 2.68 bits per heavy atom. The number of carbonyl (C=O) groups is 1. The fourth-order valence-electron chi connectivity index (χ4n) is 3.62. The van der Waals surface area contributed by atoms with Gasteiger partial charge in [-0.15, -0.1) is 11.3 Å². The van der Waals surface area contributed by atoms with Crippen LogP contribution in [0.3, 0.4) is 0 Å². The largest absolute Gasteiger partial charge is 0.378 e. The van der Waals surface area contributed by atoms with Crippen LogP contribution in [0.25, 0.3) is 0 Å². The Hall–Kier alpha value is -1.64. The van der Waals surface area contributed by atoms with Gasteiger partial charge in [0.2, 0.25) is 0 Å². The summed E-state index contributed by atoms with van der Waals surface area (Å²) < 4.78 is 6.53. The molecule has 4 rings (SSSR count). The molecule has 1 aliphatic carbocycles. The Balaban J connectivity index is 1.25. The molecule has 0 radical (unpaired) electrons. The Morgan fingerprint density at radius 1 is 1.25 bits per heavy atom. The number of thioether (sulfide) groups is 1. The molecule has 0 bridgehead atoms. The lowest BCUT2D eigenvalue weighted by atomic mass is 9.95. The maximum atomic E-state index is 12.6. The van der Waals surface area contributed by atoms with Gasteiger partial charge in [0.15, 0.2) is 0 Å². The van der Waals surface area contributed by atoms with Crippen LogP contribution in [0.5, 0.6) is 0 Å². The highest BCUT2D eigenvalue weighted by molar-refractivity contribution is 8.01. The summed E-state index contributed by atoms with van der Waals surface area (Å²) in [5, 5.41) is 5.90. The number of pyridine rings is 1. The average molecular weight is 419 g/mol. The summed E-state index contributed by atoms with van der Waals surface area (Å²) >= 11 is 3.62. The molecule has 2 aliphatic rings. The highest BCUT2D eigenvalue weighted by Gasteiger charge is 2.24. The van der Waals surface area contributed by atoms with Crippen molar-refractivity contribution in [3.8, 4) is 0 Å². The SMILES string of the molecule is Cc1csc(SC2CCC(NC(=O)c3ccc(N4CCOCC4)nc3)CC2)n1. The first kappa shape index (κ1) is 19.7. The Labute approximate surface area is 174 Å². The lowest BCUT2D eigenvalue weighted by Gasteiger charge is -2.28. The minimum atomic E-state index is -0.0207. The predicted molar refractivity (Wildman–Crippen MR) is 113 cm³/mol. The molecule has 28 heavy (non-hydrogen) atoms. The molecule has 1 amide bonds. The summed E-state index contributed by atoms with van der Waals surface area (Å²) in [6, 6.07) is 4.06. The smallest absolute Gasteiger partial charge is 0.253 e. The highest BCUT2D eigenvalue weighted by Crippen LogP contribution is 2.35. The highest BCUT2D eigenvalue weighted by atomic mass is 32.2. The minimum absolute atomic E-state index is 0.0207. The second kappa shape index (κ2) is 9.24. The fourth-order valence-corrected chi connectivity index (χ4v) is 5.91. The van der Waals surface area contributed by atoms with Crippen molar-refractivity contribution in [1.29, 1.82) is 0 Å². The lowest BCUT2D eigenvalue weighted by molar-refractivity contribution is 0.0927. The summed E-state index contributed by atoms with van der Waals surface area (Å²) in [7, 11) is 0. The molecule has 0 atom stereocenters. The third-order valence-corrected chi connectivity index (χ3v) is 7.65. The molecule has 1 aliphatic heterocycles. The Morgan fingerprint density at radius 2 is 2.04 bits per heavy atom. The van der Waals surface area contributed by atoms with Crippen LogP contribution in [-0.2, 0) is 4.74 Å². The number of amides is 1. The molecule has 0 aromatic carbocycles. The first-order valence-corrected chi connectivity index (χ1v) is 11.6.